The van der Waals surface area contributed by atoms with Gasteiger partial charge in [0.1, 0.15) is 5.75 Å². The number of ether oxygens (including phenoxy) is 1. The van der Waals surface area contributed by atoms with Gasteiger partial charge in [-0.25, -0.2) is 0 Å². The minimum atomic E-state index is -0.505. The number of rotatable bonds is 4. The lowest BCUT2D eigenvalue weighted by molar-refractivity contribution is -0.127. The summed E-state index contributed by atoms with van der Waals surface area (Å²) in [4.78, 5) is 11.5. The molecule has 1 aromatic carbocycles. The molecule has 1 aromatic rings. The fraction of sp³-hybridized carbons (Fsp3) is 0.462. The number of aryl methyl sites for hydroxylation is 2. The molecule has 0 aromatic heterocycles. The molecule has 0 unspecified atom stereocenters. The number of carbonyl (C=O) groups excluding carboxylic acids is 1. The third-order valence-corrected chi connectivity index (χ3v) is 3.04. The maximum Gasteiger partial charge on any atom is 0.260 e. The lowest BCUT2D eigenvalue weighted by atomic mass is 10.1. The molecule has 1 N–H and O–H groups in total. The Morgan fingerprint density at radius 3 is 2.41 bits per heavy atom. The first-order valence-corrected chi connectivity index (χ1v) is 6.04. The molecule has 0 aliphatic carbocycles. The lowest BCUT2D eigenvalue weighted by Crippen LogP contribution is -2.36. The highest BCUT2D eigenvalue weighted by Crippen LogP contribution is 2.26. The van der Waals surface area contributed by atoms with Crippen LogP contribution < -0.4 is 10.1 Å². The van der Waals surface area contributed by atoms with E-state index in [0.717, 1.165) is 16.1 Å². The van der Waals surface area contributed by atoms with Gasteiger partial charge < -0.3 is 10.1 Å². The lowest BCUT2D eigenvalue weighted by Gasteiger charge is -2.15. The van der Waals surface area contributed by atoms with E-state index in [0.29, 0.717) is 12.3 Å². The molecule has 0 heterocycles. The zero-order chi connectivity index (χ0) is 13.0. The molecule has 1 rings (SSSR count). The highest BCUT2D eigenvalue weighted by molar-refractivity contribution is 6.32. The van der Waals surface area contributed by atoms with Crippen LogP contribution in [0.1, 0.15) is 25.0 Å². The zero-order valence-corrected chi connectivity index (χ0v) is 11.4. The van der Waals surface area contributed by atoms with Crippen LogP contribution in [0, 0.1) is 13.8 Å². The Morgan fingerprint density at radius 2 is 1.94 bits per heavy atom. The number of nitrogens with one attached hydrogen (secondary N) is 1. The molecule has 0 saturated heterocycles. The largest absolute Gasteiger partial charge is 0.481 e. The van der Waals surface area contributed by atoms with Gasteiger partial charge in [-0.3, -0.25) is 4.79 Å². The molecule has 1 atom stereocenters. The zero-order valence-electron chi connectivity index (χ0n) is 10.6. The second kappa shape index (κ2) is 5.92. The summed E-state index contributed by atoms with van der Waals surface area (Å²) < 4.78 is 5.57. The van der Waals surface area contributed by atoms with E-state index in [1.165, 1.54) is 0 Å². The van der Waals surface area contributed by atoms with Crippen LogP contribution in [-0.2, 0) is 4.79 Å². The van der Waals surface area contributed by atoms with Crippen molar-refractivity contribution in [2.24, 2.45) is 0 Å². The van der Waals surface area contributed by atoms with Gasteiger partial charge in [-0.2, -0.15) is 0 Å². The molecule has 1 amide bonds. The van der Waals surface area contributed by atoms with Crippen LogP contribution in [-0.4, -0.2) is 18.6 Å². The standard InChI is InChI=1S/C13H18ClNO2/c1-5-15-13(16)10(4)17-11-6-8(2)12(14)9(3)7-11/h6-7,10H,5H2,1-4H3,(H,15,16)/t10-/m1/s1. The van der Waals surface area contributed by atoms with Gasteiger partial charge in [0.15, 0.2) is 6.10 Å². The highest BCUT2D eigenvalue weighted by Gasteiger charge is 2.14. The molecule has 0 radical (unpaired) electrons. The first-order valence-electron chi connectivity index (χ1n) is 5.66. The second-order valence-electron chi connectivity index (χ2n) is 4.03. The van der Waals surface area contributed by atoms with Gasteiger partial charge in [0.2, 0.25) is 0 Å². The van der Waals surface area contributed by atoms with Crippen molar-refractivity contribution in [1.29, 1.82) is 0 Å². The van der Waals surface area contributed by atoms with Crippen LogP contribution in [0.5, 0.6) is 5.75 Å². The van der Waals surface area contributed by atoms with Crippen LogP contribution in [0.25, 0.3) is 0 Å². The predicted octanol–water partition coefficient (Wildman–Crippen LogP) is 2.86. The molecule has 0 aliphatic heterocycles. The van der Waals surface area contributed by atoms with Crippen molar-refractivity contribution in [2.45, 2.75) is 33.8 Å². The average molecular weight is 256 g/mol. The van der Waals surface area contributed by atoms with Crippen molar-refractivity contribution >= 4 is 17.5 Å². The minimum absolute atomic E-state index is 0.113. The van der Waals surface area contributed by atoms with Gasteiger partial charge in [0.25, 0.3) is 5.91 Å². The molecular weight excluding hydrogens is 238 g/mol. The number of benzene rings is 1. The van der Waals surface area contributed by atoms with Crippen LogP contribution >= 0.6 is 11.6 Å². The molecule has 0 bridgehead atoms. The van der Waals surface area contributed by atoms with Crippen molar-refractivity contribution in [3.63, 3.8) is 0 Å². The van der Waals surface area contributed by atoms with E-state index in [-0.39, 0.29) is 5.91 Å². The van der Waals surface area contributed by atoms with Gasteiger partial charge in [-0.15, -0.1) is 0 Å². The van der Waals surface area contributed by atoms with Crippen molar-refractivity contribution < 1.29 is 9.53 Å². The molecule has 0 fully saturated rings. The minimum Gasteiger partial charge on any atom is -0.481 e. The SMILES string of the molecule is CCNC(=O)[C@@H](C)Oc1cc(C)c(Cl)c(C)c1. The van der Waals surface area contributed by atoms with E-state index in [1.807, 2.05) is 32.9 Å². The number of amides is 1. The number of halogens is 1. The Labute approximate surface area is 107 Å². The molecule has 3 nitrogen and oxygen atoms in total. The van der Waals surface area contributed by atoms with Crippen molar-refractivity contribution in [1.82, 2.24) is 5.32 Å². The van der Waals surface area contributed by atoms with Gasteiger partial charge in [0, 0.05) is 11.6 Å². The smallest absolute Gasteiger partial charge is 0.260 e. The Morgan fingerprint density at radius 1 is 1.41 bits per heavy atom. The number of hydrogen-bond acceptors (Lipinski definition) is 2. The van der Waals surface area contributed by atoms with E-state index in [2.05, 4.69) is 5.32 Å². The highest BCUT2D eigenvalue weighted by atomic mass is 35.5. The summed E-state index contributed by atoms with van der Waals surface area (Å²) in [6, 6.07) is 3.68. The van der Waals surface area contributed by atoms with E-state index < -0.39 is 6.10 Å². The number of carbonyl (C=O) groups is 1. The molecule has 0 aliphatic rings. The molecule has 0 spiro atoms. The monoisotopic (exact) mass is 255 g/mol. The predicted molar refractivity (Wildman–Crippen MR) is 69.7 cm³/mol. The van der Waals surface area contributed by atoms with Crippen LogP contribution in [0.3, 0.4) is 0 Å². The Hall–Kier alpha value is -1.22. The summed E-state index contributed by atoms with van der Waals surface area (Å²) in [6.07, 6.45) is -0.505. The van der Waals surface area contributed by atoms with Crippen molar-refractivity contribution in [3.05, 3.63) is 28.3 Å². The van der Waals surface area contributed by atoms with Gasteiger partial charge in [0.05, 0.1) is 0 Å². The van der Waals surface area contributed by atoms with E-state index in [1.54, 1.807) is 6.92 Å². The maximum atomic E-state index is 11.5. The van der Waals surface area contributed by atoms with Crippen molar-refractivity contribution in [3.8, 4) is 5.75 Å². The number of hydrogen-bond donors (Lipinski definition) is 1. The first-order chi connectivity index (χ1) is 7.95. The maximum absolute atomic E-state index is 11.5. The van der Waals surface area contributed by atoms with Gasteiger partial charge in [-0.05, 0) is 51.0 Å². The van der Waals surface area contributed by atoms with E-state index in [4.69, 9.17) is 16.3 Å². The molecule has 4 heteroatoms. The van der Waals surface area contributed by atoms with Crippen LogP contribution in [0.2, 0.25) is 5.02 Å². The summed E-state index contributed by atoms with van der Waals surface area (Å²) in [5.41, 5.74) is 1.90. The van der Waals surface area contributed by atoms with Crippen molar-refractivity contribution in [2.75, 3.05) is 6.54 Å². The van der Waals surface area contributed by atoms with Gasteiger partial charge >= 0.3 is 0 Å². The van der Waals surface area contributed by atoms with E-state index in [9.17, 15) is 4.79 Å². The fourth-order valence-corrected chi connectivity index (χ4v) is 1.66. The van der Waals surface area contributed by atoms with Crippen LogP contribution in [0.4, 0.5) is 0 Å². The second-order valence-corrected chi connectivity index (χ2v) is 4.40. The van der Waals surface area contributed by atoms with E-state index >= 15 is 0 Å². The summed E-state index contributed by atoms with van der Waals surface area (Å²) in [7, 11) is 0. The Bertz CT molecular complexity index is 395. The third-order valence-electron chi connectivity index (χ3n) is 2.44. The van der Waals surface area contributed by atoms with Crippen LogP contribution in [0.15, 0.2) is 12.1 Å². The summed E-state index contributed by atoms with van der Waals surface area (Å²) >= 11 is 6.06. The summed E-state index contributed by atoms with van der Waals surface area (Å²) in [6.45, 7) is 8.04. The normalized spacial score (nSPS) is 12.1. The summed E-state index contributed by atoms with van der Waals surface area (Å²) in [5, 5.41) is 3.46. The number of likely N-dealkylation sites (N-methyl/N-ethyl adjacent to an activating group) is 1. The fourth-order valence-electron chi connectivity index (χ4n) is 1.55. The average Bonchev–Trinajstić information content (AvgIpc) is 2.26. The topological polar surface area (TPSA) is 38.3 Å². The van der Waals surface area contributed by atoms with Gasteiger partial charge in [-0.1, -0.05) is 11.6 Å². The molecule has 94 valence electrons. The molecule has 17 heavy (non-hydrogen) atoms. The Kier molecular flexibility index (Phi) is 4.82. The summed E-state index contributed by atoms with van der Waals surface area (Å²) in [5.74, 6) is 0.556. The quantitative estimate of drug-likeness (QED) is 0.899. The Balaban J connectivity index is 2.78. The molecular formula is C13H18ClNO2. The molecule has 0 saturated carbocycles. The first kappa shape index (κ1) is 13.8. The third kappa shape index (κ3) is 3.63.